The Balaban J connectivity index is 5.40. The summed E-state index contributed by atoms with van der Waals surface area (Å²) in [5.74, 6) is -1.01. The lowest BCUT2D eigenvalue weighted by Crippen LogP contribution is -2.59. The van der Waals surface area contributed by atoms with Crippen molar-refractivity contribution in [3.63, 3.8) is 0 Å². The van der Waals surface area contributed by atoms with E-state index in [9.17, 15) is 18.5 Å². The molecule has 0 unspecified atom stereocenters. The Bertz CT molecular complexity index is 783. The molecule has 0 atom stereocenters. The first kappa shape index (κ1) is 36.7. The van der Waals surface area contributed by atoms with Crippen LogP contribution in [0, 0.1) is 0 Å². The molecular formula is C17H38NO16P3. The van der Waals surface area contributed by atoms with Crippen LogP contribution in [0.15, 0.2) is 0 Å². The van der Waals surface area contributed by atoms with Crippen molar-refractivity contribution < 1.29 is 75.6 Å². The second-order valence-corrected chi connectivity index (χ2v) is 13.0. The van der Waals surface area contributed by atoms with Gasteiger partial charge in [0, 0.05) is 13.7 Å². The van der Waals surface area contributed by atoms with Gasteiger partial charge in [-0.2, -0.15) is 0 Å². The predicted molar refractivity (Wildman–Crippen MR) is 126 cm³/mol. The minimum absolute atomic E-state index is 0.262. The van der Waals surface area contributed by atoms with Gasteiger partial charge in [0.05, 0.1) is 37.6 Å². The maximum Gasteiger partial charge on any atom is 0.469 e. The highest BCUT2D eigenvalue weighted by molar-refractivity contribution is 7.46. The van der Waals surface area contributed by atoms with E-state index < -0.39 is 72.5 Å². The molecule has 1 amide bonds. The van der Waals surface area contributed by atoms with Crippen LogP contribution < -0.4 is 5.32 Å². The van der Waals surface area contributed by atoms with Crippen LogP contribution in [0.1, 0.15) is 40.5 Å². The first-order valence-corrected chi connectivity index (χ1v) is 15.3. The largest absolute Gasteiger partial charge is 0.469 e. The van der Waals surface area contributed by atoms with Gasteiger partial charge in [0.25, 0.3) is 0 Å². The summed E-state index contributed by atoms with van der Waals surface area (Å²) in [6, 6.07) is 0. The summed E-state index contributed by atoms with van der Waals surface area (Å²) in [4.78, 5) is 66.7. The summed E-state index contributed by atoms with van der Waals surface area (Å²) in [5, 5.41) is 2.11. The van der Waals surface area contributed by atoms with Gasteiger partial charge in [-0.25, -0.2) is 13.7 Å². The predicted octanol–water partition coefficient (Wildman–Crippen LogP) is 0.186. The number of carbonyl (C=O) groups excluding carboxylic acids is 1. The normalized spacial score (nSPS) is 14.1. The van der Waals surface area contributed by atoms with Crippen LogP contribution in [0.3, 0.4) is 0 Å². The van der Waals surface area contributed by atoms with Gasteiger partial charge in [0.1, 0.15) is 12.1 Å². The third-order valence-corrected chi connectivity index (χ3v) is 6.03. The Hall–Kier alpha value is -0.320. The van der Waals surface area contributed by atoms with Gasteiger partial charge in [-0.05, 0) is 40.5 Å². The van der Waals surface area contributed by atoms with Gasteiger partial charge in [-0.15, -0.1) is 0 Å². The topological polar surface area (TPSA) is 257 Å². The van der Waals surface area contributed by atoms with Crippen molar-refractivity contribution in [1.29, 1.82) is 0 Å². The highest BCUT2D eigenvalue weighted by Crippen LogP contribution is 2.42. The Morgan fingerprint density at radius 3 is 1.46 bits per heavy atom. The Kier molecular flexibility index (Phi) is 14.8. The number of nitrogens with one attached hydrogen (secondary N) is 1. The van der Waals surface area contributed by atoms with Crippen molar-refractivity contribution in [2.24, 2.45) is 0 Å². The lowest BCUT2D eigenvalue weighted by Gasteiger charge is -2.34. The Labute approximate surface area is 214 Å². The molecule has 0 radical (unpaired) electrons. The number of phosphoric acid groups is 3. The molecule has 0 aromatic rings. The smallest absolute Gasteiger partial charge is 0.385 e. The maximum absolute atomic E-state index is 12.6. The van der Waals surface area contributed by atoms with E-state index in [-0.39, 0.29) is 6.61 Å². The molecule has 0 saturated carbocycles. The minimum Gasteiger partial charge on any atom is -0.385 e. The van der Waals surface area contributed by atoms with Crippen molar-refractivity contribution in [3.8, 4) is 0 Å². The lowest BCUT2D eigenvalue weighted by atomic mass is 10.0. The molecule has 222 valence electrons. The molecule has 0 aromatic carbocycles. The second kappa shape index (κ2) is 14.9. The molecule has 7 N–H and O–H groups in total. The van der Waals surface area contributed by atoms with Gasteiger partial charge < -0.3 is 48.9 Å². The minimum atomic E-state index is -5.21. The average molecular weight is 605 g/mol. The Morgan fingerprint density at radius 2 is 1.08 bits per heavy atom. The first-order valence-electron chi connectivity index (χ1n) is 10.7. The molecule has 0 aliphatic rings. The fraction of sp³-hybridized carbons (Fsp3) is 0.941. The van der Waals surface area contributed by atoms with E-state index in [0.29, 0.717) is 19.4 Å². The van der Waals surface area contributed by atoms with Crippen LogP contribution in [0.5, 0.6) is 0 Å². The summed E-state index contributed by atoms with van der Waals surface area (Å²) >= 11 is 0. The zero-order valence-corrected chi connectivity index (χ0v) is 23.9. The van der Waals surface area contributed by atoms with Crippen molar-refractivity contribution in [2.45, 2.75) is 57.3 Å². The maximum atomic E-state index is 12.6. The van der Waals surface area contributed by atoms with Crippen LogP contribution in [0.4, 0.5) is 0 Å². The number of ether oxygens (including phenoxy) is 3. The lowest BCUT2D eigenvalue weighted by molar-refractivity contribution is -0.137. The van der Waals surface area contributed by atoms with E-state index >= 15 is 0 Å². The third kappa shape index (κ3) is 20.3. The van der Waals surface area contributed by atoms with E-state index in [0.717, 1.165) is 0 Å². The third-order valence-electron chi connectivity index (χ3n) is 4.63. The highest BCUT2D eigenvalue weighted by atomic mass is 31.2. The number of hydrogen-bond donors (Lipinski definition) is 7. The number of amides is 1. The van der Waals surface area contributed by atoms with Crippen molar-refractivity contribution in [1.82, 2.24) is 5.32 Å². The quantitative estimate of drug-likeness (QED) is 0.0914. The SMILES string of the molecule is COCCC(C)(C)OCCC(C)(C)OCC(=O)NC(COP(=O)(O)O)(COP(=O)(O)O)COP(=O)(O)O. The molecule has 17 nitrogen and oxygen atoms in total. The molecule has 0 bridgehead atoms. The van der Waals surface area contributed by atoms with Crippen molar-refractivity contribution >= 4 is 29.4 Å². The first-order chi connectivity index (χ1) is 16.5. The number of hydrogen-bond acceptors (Lipinski definition) is 10. The van der Waals surface area contributed by atoms with Crippen LogP contribution >= 0.6 is 23.5 Å². The molecule has 0 fully saturated rings. The van der Waals surface area contributed by atoms with Crippen molar-refractivity contribution in [2.75, 3.05) is 46.8 Å². The standard InChI is InChI=1S/C17H38NO16P3/c1-15(2,6-8-29-5)30-9-7-16(3,4)31-10-14(19)18-17(11-32-35(20,21)22,12-33-36(23,24)25)13-34-37(26,27)28/h6-13H2,1-5H3,(H,18,19)(H2,20,21,22)(H2,23,24,25)(H2,26,27,28). The molecule has 0 saturated heterocycles. The van der Waals surface area contributed by atoms with Crippen LogP contribution in [-0.2, 0) is 46.3 Å². The van der Waals surface area contributed by atoms with Crippen LogP contribution in [0.2, 0.25) is 0 Å². The molecule has 0 heterocycles. The Morgan fingerprint density at radius 1 is 0.703 bits per heavy atom. The van der Waals surface area contributed by atoms with E-state index in [4.69, 9.17) is 43.6 Å². The van der Waals surface area contributed by atoms with E-state index in [2.05, 4.69) is 18.9 Å². The molecule has 0 aliphatic carbocycles. The van der Waals surface area contributed by atoms with Crippen LogP contribution in [-0.4, -0.2) is 98.8 Å². The van der Waals surface area contributed by atoms with E-state index in [1.807, 2.05) is 13.8 Å². The van der Waals surface area contributed by atoms with Crippen LogP contribution in [0.25, 0.3) is 0 Å². The van der Waals surface area contributed by atoms with E-state index in [1.54, 1.807) is 21.0 Å². The number of methoxy groups -OCH3 is 1. The average Bonchev–Trinajstić information content (AvgIpc) is 2.70. The number of phosphoric ester groups is 3. The molecule has 0 aromatic heterocycles. The highest BCUT2D eigenvalue weighted by Gasteiger charge is 2.40. The zero-order chi connectivity index (χ0) is 29.2. The molecule has 0 spiro atoms. The van der Waals surface area contributed by atoms with Gasteiger partial charge in [-0.1, -0.05) is 0 Å². The molecule has 0 aliphatic heterocycles. The second-order valence-electron chi connectivity index (χ2n) is 9.27. The summed E-state index contributed by atoms with van der Waals surface area (Å²) in [6.45, 7) is 3.52. The molecular weight excluding hydrogens is 567 g/mol. The fourth-order valence-corrected chi connectivity index (χ4v) is 3.76. The fourth-order valence-electron chi connectivity index (χ4n) is 2.51. The zero-order valence-electron chi connectivity index (χ0n) is 21.3. The van der Waals surface area contributed by atoms with E-state index in [1.165, 1.54) is 0 Å². The molecule has 37 heavy (non-hydrogen) atoms. The van der Waals surface area contributed by atoms with Gasteiger partial charge in [-0.3, -0.25) is 18.4 Å². The number of rotatable bonds is 20. The van der Waals surface area contributed by atoms with Gasteiger partial charge >= 0.3 is 23.5 Å². The van der Waals surface area contributed by atoms with Gasteiger partial charge in [0.15, 0.2) is 0 Å². The number of carbonyl (C=O) groups is 1. The molecule has 20 heteroatoms. The molecule has 0 rings (SSSR count). The summed E-state index contributed by atoms with van der Waals surface area (Å²) in [7, 11) is -14.1. The summed E-state index contributed by atoms with van der Waals surface area (Å²) < 4.78 is 62.9. The van der Waals surface area contributed by atoms with Crippen molar-refractivity contribution in [3.05, 3.63) is 0 Å². The monoisotopic (exact) mass is 605 g/mol. The summed E-state index contributed by atoms with van der Waals surface area (Å²) in [5.41, 5.74) is -3.74. The van der Waals surface area contributed by atoms with Gasteiger partial charge in [0.2, 0.25) is 5.91 Å². The summed E-state index contributed by atoms with van der Waals surface area (Å²) in [6.07, 6.45) is 0.977.